The summed E-state index contributed by atoms with van der Waals surface area (Å²) in [7, 11) is 1.62. The molecule has 0 atom stereocenters. The molecule has 0 aliphatic carbocycles. The van der Waals surface area contributed by atoms with Gasteiger partial charge in [-0.25, -0.2) is 0 Å². The molecule has 18 heavy (non-hydrogen) atoms. The zero-order chi connectivity index (χ0) is 13.3. The number of hydrogen-bond donors (Lipinski definition) is 2. The van der Waals surface area contributed by atoms with Crippen molar-refractivity contribution in [3.05, 3.63) is 27.7 Å². The van der Waals surface area contributed by atoms with E-state index in [1.54, 1.807) is 26.1 Å². The number of carbonyl (C=O) groups is 1. The molecule has 0 fully saturated rings. The van der Waals surface area contributed by atoms with Crippen LogP contribution in [0.1, 0.15) is 15.9 Å². The number of tetrazole rings is 1. The second kappa shape index (κ2) is 4.73. The molecule has 94 valence electrons. The van der Waals surface area contributed by atoms with E-state index in [9.17, 15) is 4.79 Å². The minimum atomic E-state index is -0.325. The number of benzene rings is 1. The van der Waals surface area contributed by atoms with Crippen LogP contribution in [0.2, 0.25) is 0 Å². The summed E-state index contributed by atoms with van der Waals surface area (Å²) < 4.78 is 0.739. The number of rotatable bonds is 2. The maximum atomic E-state index is 12.0. The number of hydrogen-bond acceptors (Lipinski definition) is 5. The third-order valence-electron chi connectivity index (χ3n) is 2.39. The molecule has 2 rings (SSSR count). The molecule has 0 radical (unpaired) electrons. The van der Waals surface area contributed by atoms with Gasteiger partial charge in [-0.05, 0) is 29.8 Å². The van der Waals surface area contributed by atoms with Crippen molar-refractivity contribution in [3.8, 4) is 0 Å². The second-order valence-corrected chi connectivity index (χ2v) is 4.64. The Morgan fingerprint density at radius 3 is 2.83 bits per heavy atom. The Bertz CT molecular complexity index is 608. The summed E-state index contributed by atoms with van der Waals surface area (Å²) in [5.74, 6) is -0.172. The lowest BCUT2D eigenvalue weighted by molar-refractivity contribution is 0.102. The number of amides is 1. The van der Waals surface area contributed by atoms with Crippen molar-refractivity contribution in [2.45, 2.75) is 6.92 Å². The molecule has 1 aromatic heterocycles. The van der Waals surface area contributed by atoms with Gasteiger partial charge in [-0.1, -0.05) is 21.0 Å². The number of nitrogen functional groups attached to an aromatic ring is 1. The largest absolute Gasteiger partial charge is 0.398 e. The number of nitrogens with two attached hydrogens (primary N) is 1. The SMILES string of the molecule is Cc1c(N)cc(Br)cc1C(=O)Nc1nnn(C)n1. The Morgan fingerprint density at radius 2 is 2.22 bits per heavy atom. The van der Waals surface area contributed by atoms with Crippen molar-refractivity contribution < 1.29 is 4.79 Å². The predicted molar refractivity (Wildman–Crippen MR) is 70.0 cm³/mol. The van der Waals surface area contributed by atoms with Crippen LogP contribution in [0.25, 0.3) is 0 Å². The topological polar surface area (TPSA) is 98.7 Å². The fourth-order valence-corrected chi connectivity index (χ4v) is 1.91. The molecule has 3 N–H and O–H groups in total. The third-order valence-corrected chi connectivity index (χ3v) is 2.85. The van der Waals surface area contributed by atoms with Gasteiger partial charge in [0.1, 0.15) is 0 Å². The van der Waals surface area contributed by atoms with Gasteiger partial charge in [-0.3, -0.25) is 10.1 Å². The summed E-state index contributed by atoms with van der Waals surface area (Å²) in [5.41, 5.74) is 7.52. The zero-order valence-electron chi connectivity index (χ0n) is 9.81. The Balaban J connectivity index is 2.29. The van der Waals surface area contributed by atoms with E-state index in [1.807, 2.05) is 0 Å². The minimum Gasteiger partial charge on any atom is -0.398 e. The number of carbonyl (C=O) groups excluding carboxylic acids is 1. The summed E-state index contributed by atoms with van der Waals surface area (Å²) in [6, 6.07) is 3.43. The number of nitrogens with zero attached hydrogens (tertiary/aromatic N) is 4. The van der Waals surface area contributed by atoms with Crippen molar-refractivity contribution in [1.29, 1.82) is 0 Å². The van der Waals surface area contributed by atoms with Crippen LogP contribution < -0.4 is 11.1 Å². The minimum absolute atomic E-state index is 0.153. The summed E-state index contributed by atoms with van der Waals surface area (Å²) >= 11 is 3.30. The highest BCUT2D eigenvalue weighted by Crippen LogP contribution is 2.23. The number of nitrogens with one attached hydrogen (secondary N) is 1. The molecule has 0 bridgehead atoms. The van der Waals surface area contributed by atoms with Crippen molar-refractivity contribution in [2.24, 2.45) is 7.05 Å². The maximum absolute atomic E-state index is 12.0. The van der Waals surface area contributed by atoms with Crippen molar-refractivity contribution in [2.75, 3.05) is 11.1 Å². The quantitative estimate of drug-likeness (QED) is 0.810. The average Bonchev–Trinajstić information content (AvgIpc) is 2.69. The summed E-state index contributed by atoms with van der Waals surface area (Å²) in [4.78, 5) is 13.3. The molecular formula is C10H11BrN6O. The van der Waals surface area contributed by atoms with Gasteiger partial charge in [-0.15, -0.1) is 5.10 Å². The Labute approximate surface area is 111 Å². The monoisotopic (exact) mass is 310 g/mol. The van der Waals surface area contributed by atoms with E-state index in [4.69, 9.17) is 5.73 Å². The standard InChI is InChI=1S/C10H11BrN6O/c1-5-7(3-6(11)4-8(5)12)9(18)13-10-14-16-17(2)15-10/h3-4H,12H2,1-2H3,(H,13,15,18). The summed E-state index contributed by atoms with van der Waals surface area (Å²) in [5, 5.41) is 13.7. The number of anilines is 2. The first-order valence-corrected chi connectivity index (χ1v) is 5.87. The smallest absolute Gasteiger partial charge is 0.270 e. The zero-order valence-corrected chi connectivity index (χ0v) is 11.4. The van der Waals surface area contributed by atoms with Crippen molar-refractivity contribution in [3.63, 3.8) is 0 Å². The lowest BCUT2D eigenvalue weighted by atomic mass is 10.1. The van der Waals surface area contributed by atoms with Crippen LogP contribution in [0.4, 0.5) is 11.6 Å². The number of aryl methyl sites for hydroxylation is 1. The van der Waals surface area contributed by atoms with E-state index < -0.39 is 0 Å². The van der Waals surface area contributed by atoms with Crippen LogP contribution in [0.5, 0.6) is 0 Å². The van der Waals surface area contributed by atoms with E-state index in [0.29, 0.717) is 16.8 Å². The highest BCUT2D eigenvalue weighted by Gasteiger charge is 2.14. The van der Waals surface area contributed by atoms with Gasteiger partial charge in [0.15, 0.2) is 0 Å². The molecule has 0 spiro atoms. The summed E-state index contributed by atoms with van der Waals surface area (Å²) in [6.07, 6.45) is 0. The average molecular weight is 311 g/mol. The first-order chi connectivity index (χ1) is 8.47. The highest BCUT2D eigenvalue weighted by molar-refractivity contribution is 9.10. The van der Waals surface area contributed by atoms with Gasteiger partial charge < -0.3 is 5.73 Å². The van der Waals surface area contributed by atoms with Crippen LogP contribution in [-0.4, -0.2) is 26.1 Å². The van der Waals surface area contributed by atoms with Crippen LogP contribution in [0.15, 0.2) is 16.6 Å². The molecule has 0 unspecified atom stereocenters. The van der Waals surface area contributed by atoms with E-state index in [-0.39, 0.29) is 11.9 Å². The van der Waals surface area contributed by atoms with Gasteiger partial charge in [0.05, 0.1) is 7.05 Å². The van der Waals surface area contributed by atoms with Crippen LogP contribution in [0, 0.1) is 6.92 Å². The summed E-state index contributed by atoms with van der Waals surface area (Å²) in [6.45, 7) is 1.78. The fourth-order valence-electron chi connectivity index (χ4n) is 1.44. The van der Waals surface area contributed by atoms with Crippen molar-refractivity contribution in [1.82, 2.24) is 20.2 Å². The molecule has 1 aromatic carbocycles. The van der Waals surface area contributed by atoms with Gasteiger partial charge in [0.2, 0.25) is 0 Å². The van der Waals surface area contributed by atoms with E-state index in [0.717, 1.165) is 4.47 Å². The Hall–Kier alpha value is -1.96. The maximum Gasteiger partial charge on any atom is 0.270 e. The molecule has 0 saturated carbocycles. The number of aromatic nitrogens is 4. The molecule has 1 amide bonds. The lowest BCUT2D eigenvalue weighted by Crippen LogP contribution is -2.15. The van der Waals surface area contributed by atoms with Crippen LogP contribution in [0.3, 0.4) is 0 Å². The third kappa shape index (κ3) is 2.48. The van der Waals surface area contributed by atoms with Gasteiger partial charge >= 0.3 is 0 Å². The van der Waals surface area contributed by atoms with E-state index in [1.165, 1.54) is 4.80 Å². The fraction of sp³-hybridized carbons (Fsp3) is 0.200. The molecule has 8 heteroatoms. The van der Waals surface area contributed by atoms with E-state index >= 15 is 0 Å². The van der Waals surface area contributed by atoms with Gasteiger partial charge in [-0.2, -0.15) is 4.80 Å². The number of halogens is 1. The van der Waals surface area contributed by atoms with Crippen LogP contribution in [-0.2, 0) is 7.05 Å². The molecule has 7 nitrogen and oxygen atoms in total. The molecule has 1 heterocycles. The lowest BCUT2D eigenvalue weighted by Gasteiger charge is -2.08. The van der Waals surface area contributed by atoms with Crippen LogP contribution >= 0.6 is 15.9 Å². The first kappa shape index (κ1) is 12.5. The van der Waals surface area contributed by atoms with Crippen molar-refractivity contribution >= 4 is 33.5 Å². The molecular weight excluding hydrogens is 300 g/mol. The molecule has 0 aliphatic heterocycles. The van der Waals surface area contributed by atoms with Gasteiger partial charge in [0, 0.05) is 15.7 Å². The van der Waals surface area contributed by atoms with E-state index in [2.05, 4.69) is 36.7 Å². The first-order valence-electron chi connectivity index (χ1n) is 5.08. The Morgan fingerprint density at radius 1 is 1.50 bits per heavy atom. The normalized spacial score (nSPS) is 10.4. The molecule has 0 aliphatic rings. The molecule has 2 aromatic rings. The predicted octanol–water partition coefficient (Wildman–Crippen LogP) is 1.12. The van der Waals surface area contributed by atoms with Gasteiger partial charge in [0.25, 0.3) is 11.9 Å². The highest BCUT2D eigenvalue weighted by atomic mass is 79.9. The second-order valence-electron chi connectivity index (χ2n) is 3.72. The molecule has 0 saturated heterocycles. The Kier molecular flexibility index (Phi) is 3.28.